The van der Waals surface area contributed by atoms with Crippen LogP contribution in [0.3, 0.4) is 0 Å². The molecule has 35 heavy (non-hydrogen) atoms. The fourth-order valence-corrected chi connectivity index (χ4v) is 3.72. The molecule has 0 spiro atoms. The van der Waals surface area contributed by atoms with Crippen molar-refractivity contribution in [1.82, 2.24) is 0 Å². The molecule has 1 aromatic heterocycles. The van der Waals surface area contributed by atoms with E-state index in [1.165, 1.54) is 13.4 Å². The van der Waals surface area contributed by atoms with Gasteiger partial charge in [-0.2, -0.15) is 0 Å². The first-order chi connectivity index (χ1) is 17.1. The largest absolute Gasteiger partial charge is 0.493 e. The molecule has 1 aliphatic heterocycles. The van der Waals surface area contributed by atoms with Crippen molar-refractivity contribution in [3.63, 3.8) is 0 Å². The average Bonchev–Trinajstić information content (AvgIpc) is 3.35. The van der Waals surface area contributed by atoms with Crippen LogP contribution in [-0.2, 0) is 4.79 Å². The van der Waals surface area contributed by atoms with Gasteiger partial charge in [0.15, 0.2) is 35.0 Å². The quantitative estimate of drug-likeness (QED) is 0.424. The van der Waals surface area contributed by atoms with Crippen LogP contribution in [0.15, 0.2) is 70.1 Å². The summed E-state index contributed by atoms with van der Waals surface area (Å²) in [5, 5.41) is 3.12. The van der Waals surface area contributed by atoms with E-state index in [0.29, 0.717) is 56.5 Å². The summed E-state index contributed by atoms with van der Waals surface area (Å²) < 4.78 is 32.4. The maximum atomic E-state index is 13.1. The molecule has 1 amide bonds. The highest BCUT2D eigenvalue weighted by atomic mass is 16.7. The summed E-state index contributed by atoms with van der Waals surface area (Å²) in [4.78, 5) is 25.4. The molecule has 0 unspecified atom stereocenters. The number of carbonyl (C=O) groups excluding carboxylic acids is 1. The highest BCUT2D eigenvalue weighted by Crippen LogP contribution is 2.34. The normalized spacial score (nSPS) is 11.8. The maximum absolute atomic E-state index is 13.1. The van der Waals surface area contributed by atoms with Gasteiger partial charge in [-0.15, -0.1) is 0 Å². The number of hydrogen-bond donors (Lipinski definition) is 1. The number of benzene rings is 3. The summed E-state index contributed by atoms with van der Waals surface area (Å²) >= 11 is 0. The minimum Gasteiger partial charge on any atom is -0.493 e. The van der Waals surface area contributed by atoms with Crippen molar-refractivity contribution in [2.75, 3.05) is 32.9 Å². The summed E-state index contributed by atoms with van der Waals surface area (Å²) in [6, 6.07) is 15.1. The molecular weight excluding hydrogens is 454 g/mol. The van der Waals surface area contributed by atoms with Crippen LogP contribution in [0.25, 0.3) is 22.1 Å². The molecule has 9 nitrogen and oxygen atoms in total. The number of carbonyl (C=O) groups is 1. The third-order valence-electron chi connectivity index (χ3n) is 5.47. The predicted molar refractivity (Wildman–Crippen MR) is 128 cm³/mol. The Morgan fingerprint density at radius 2 is 1.77 bits per heavy atom. The Balaban J connectivity index is 1.30. The van der Waals surface area contributed by atoms with Crippen molar-refractivity contribution in [3.05, 3.63) is 71.1 Å². The van der Waals surface area contributed by atoms with Gasteiger partial charge in [0.05, 0.1) is 25.2 Å². The van der Waals surface area contributed by atoms with Gasteiger partial charge in [-0.25, -0.2) is 0 Å². The third kappa shape index (κ3) is 4.43. The fourth-order valence-electron chi connectivity index (χ4n) is 3.72. The van der Waals surface area contributed by atoms with Crippen molar-refractivity contribution in [2.24, 2.45) is 0 Å². The second kappa shape index (κ2) is 9.30. The molecule has 1 aliphatic rings. The molecular formula is C26H21NO8. The second-order valence-corrected chi connectivity index (χ2v) is 7.61. The average molecular weight is 475 g/mol. The summed E-state index contributed by atoms with van der Waals surface area (Å²) in [6.45, 7) is -0.0718. The molecule has 0 radical (unpaired) electrons. The molecule has 5 rings (SSSR count). The van der Waals surface area contributed by atoms with Gasteiger partial charge in [0, 0.05) is 17.8 Å². The Morgan fingerprint density at radius 1 is 0.943 bits per heavy atom. The minimum absolute atomic E-state index is 0.156. The molecule has 9 heteroatoms. The van der Waals surface area contributed by atoms with E-state index in [1.54, 1.807) is 61.7 Å². The molecule has 0 saturated heterocycles. The van der Waals surface area contributed by atoms with E-state index in [4.69, 9.17) is 28.1 Å². The SMILES string of the molecule is COc1ccc(-c2coc3cc(OCC(=O)Nc4ccc5c(c4)OCO5)ccc3c2=O)cc1OC. The van der Waals surface area contributed by atoms with Gasteiger partial charge < -0.3 is 33.4 Å². The summed E-state index contributed by atoms with van der Waals surface area (Å²) in [6.07, 6.45) is 1.39. The number of rotatable bonds is 7. The zero-order chi connectivity index (χ0) is 24.4. The molecule has 0 atom stereocenters. The summed E-state index contributed by atoms with van der Waals surface area (Å²) in [5.41, 5.74) is 1.72. The number of anilines is 1. The molecule has 2 heterocycles. The summed E-state index contributed by atoms with van der Waals surface area (Å²) in [5.74, 6) is 2.31. The molecule has 0 aliphatic carbocycles. The van der Waals surface area contributed by atoms with Crippen LogP contribution in [0, 0.1) is 0 Å². The second-order valence-electron chi connectivity index (χ2n) is 7.61. The van der Waals surface area contributed by atoms with Gasteiger partial charge in [-0.05, 0) is 42.0 Å². The number of ether oxygens (including phenoxy) is 5. The Labute approximate surface area is 199 Å². The fraction of sp³-hybridized carbons (Fsp3) is 0.154. The lowest BCUT2D eigenvalue weighted by Crippen LogP contribution is -2.20. The van der Waals surface area contributed by atoms with E-state index in [-0.39, 0.29) is 24.7 Å². The van der Waals surface area contributed by atoms with E-state index in [1.807, 2.05) is 0 Å². The van der Waals surface area contributed by atoms with Crippen molar-refractivity contribution < 1.29 is 32.9 Å². The van der Waals surface area contributed by atoms with E-state index in [9.17, 15) is 9.59 Å². The van der Waals surface area contributed by atoms with Gasteiger partial charge in [0.1, 0.15) is 17.6 Å². The highest BCUT2D eigenvalue weighted by molar-refractivity contribution is 5.92. The molecule has 3 aromatic carbocycles. The predicted octanol–water partition coefficient (Wildman–Crippen LogP) is 4.22. The molecule has 0 fully saturated rings. The zero-order valence-electron chi connectivity index (χ0n) is 19.0. The van der Waals surface area contributed by atoms with Crippen molar-refractivity contribution >= 4 is 22.6 Å². The van der Waals surface area contributed by atoms with Crippen LogP contribution in [-0.4, -0.2) is 33.5 Å². The first-order valence-corrected chi connectivity index (χ1v) is 10.7. The lowest BCUT2D eigenvalue weighted by molar-refractivity contribution is -0.118. The van der Waals surface area contributed by atoms with Crippen LogP contribution in [0.2, 0.25) is 0 Å². The van der Waals surface area contributed by atoms with Crippen molar-refractivity contribution in [3.8, 4) is 39.9 Å². The van der Waals surface area contributed by atoms with Crippen LogP contribution in [0.4, 0.5) is 5.69 Å². The lowest BCUT2D eigenvalue weighted by Gasteiger charge is -2.10. The van der Waals surface area contributed by atoms with Crippen molar-refractivity contribution in [1.29, 1.82) is 0 Å². The van der Waals surface area contributed by atoms with Gasteiger partial charge in [0.25, 0.3) is 5.91 Å². The highest BCUT2D eigenvalue weighted by Gasteiger charge is 2.15. The minimum atomic E-state index is -0.353. The van der Waals surface area contributed by atoms with E-state index in [2.05, 4.69) is 5.32 Å². The number of nitrogens with one attached hydrogen (secondary N) is 1. The Morgan fingerprint density at radius 3 is 2.60 bits per heavy atom. The number of fused-ring (bicyclic) bond motifs is 2. The monoisotopic (exact) mass is 475 g/mol. The molecule has 1 N–H and O–H groups in total. The maximum Gasteiger partial charge on any atom is 0.262 e. The third-order valence-corrected chi connectivity index (χ3v) is 5.47. The zero-order valence-corrected chi connectivity index (χ0v) is 19.0. The Bertz CT molecular complexity index is 1480. The number of methoxy groups -OCH3 is 2. The summed E-state index contributed by atoms with van der Waals surface area (Å²) in [7, 11) is 3.07. The number of hydrogen-bond acceptors (Lipinski definition) is 8. The van der Waals surface area contributed by atoms with E-state index < -0.39 is 0 Å². The molecule has 178 valence electrons. The molecule has 0 saturated carbocycles. The Kier molecular flexibility index (Phi) is 5.88. The number of amides is 1. The van der Waals surface area contributed by atoms with Gasteiger partial charge in [0.2, 0.25) is 6.79 Å². The van der Waals surface area contributed by atoms with Crippen LogP contribution >= 0.6 is 0 Å². The smallest absolute Gasteiger partial charge is 0.262 e. The first-order valence-electron chi connectivity index (χ1n) is 10.7. The molecule has 4 aromatic rings. The van der Waals surface area contributed by atoms with Crippen LogP contribution < -0.4 is 34.4 Å². The Hall–Kier alpha value is -4.66. The van der Waals surface area contributed by atoms with Crippen LogP contribution in [0.5, 0.6) is 28.7 Å². The van der Waals surface area contributed by atoms with Gasteiger partial charge in [-0.1, -0.05) is 6.07 Å². The van der Waals surface area contributed by atoms with Gasteiger partial charge >= 0.3 is 0 Å². The van der Waals surface area contributed by atoms with Gasteiger partial charge in [-0.3, -0.25) is 9.59 Å². The first kappa shape index (κ1) is 22.1. The molecule has 0 bridgehead atoms. The topological polar surface area (TPSA) is 105 Å². The van der Waals surface area contributed by atoms with E-state index >= 15 is 0 Å². The van der Waals surface area contributed by atoms with Crippen LogP contribution in [0.1, 0.15) is 0 Å². The standard InChI is InChI=1S/C26H21NO8/c1-30-20-7-3-15(9-23(20)31-2)19-12-33-22-11-17(5-6-18(22)26(19)29)32-13-25(28)27-16-4-8-21-24(10-16)35-14-34-21/h3-12H,13-14H2,1-2H3,(H,27,28). The van der Waals surface area contributed by atoms with Crippen molar-refractivity contribution in [2.45, 2.75) is 0 Å². The lowest BCUT2D eigenvalue weighted by atomic mass is 10.0. The van der Waals surface area contributed by atoms with E-state index in [0.717, 1.165) is 0 Å².